The van der Waals surface area contributed by atoms with E-state index in [0.29, 0.717) is 29.3 Å². The summed E-state index contributed by atoms with van der Waals surface area (Å²) in [6.45, 7) is 0.311. The number of hydrogen-bond donors (Lipinski definition) is 2. The molecule has 1 aromatic carbocycles. The van der Waals surface area contributed by atoms with Gasteiger partial charge in [-0.05, 0) is 17.7 Å². The van der Waals surface area contributed by atoms with Gasteiger partial charge in [0.2, 0.25) is 0 Å². The van der Waals surface area contributed by atoms with Crippen LogP contribution in [0.4, 0.5) is 11.5 Å². The van der Waals surface area contributed by atoms with Crippen LogP contribution in [0, 0.1) is 0 Å². The van der Waals surface area contributed by atoms with E-state index in [1.165, 1.54) is 0 Å². The summed E-state index contributed by atoms with van der Waals surface area (Å²) < 4.78 is 7.00. The minimum Gasteiger partial charge on any atom is -0.482 e. The Morgan fingerprint density at radius 1 is 1.33 bits per heavy atom. The highest BCUT2D eigenvalue weighted by Gasteiger charge is 2.17. The van der Waals surface area contributed by atoms with Gasteiger partial charge in [0.25, 0.3) is 11.8 Å². The van der Waals surface area contributed by atoms with Crippen LogP contribution < -0.4 is 20.3 Å². The number of nitrogens with zero attached hydrogens (tertiary/aromatic N) is 4. The van der Waals surface area contributed by atoms with Gasteiger partial charge in [0.15, 0.2) is 12.3 Å². The molecule has 0 unspecified atom stereocenters. The molecule has 2 aromatic heterocycles. The van der Waals surface area contributed by atoms with Crippen molar-refractivity contribution >= 4 is 29.0 Å². The Balaban J connectivity index is 1.52. The van der Waals surface area contributed by atoms with Crippen molar-refractivity contribution in [1.29, 1.82) is 0 Å². The fourth-order valence-electron chi connectivity index (χ4n) is 2.84. The number of fused-ring (bicyclic) bond motifs is 2. The Morgan fingerprint density at radius 2 is 2.19 bits per heavy atom. The largest absolute Gasteiger partial charge is 0.482 e. The zero-order chi connectivity index (χ0) is 19.0. The molecule has 27 heavy (non-hydrogen) atoms. The summed E-state index contributed by atoms with van der Waals surface area (Å²) >= 11 is 0. The number of ether oxygens (including phenoxy) is 1. The molecule has 9 nitrogen and oxygen atoms in total. The first-order valence-electron chi connectivity index (χ1n) is 8.37. The second-order valence-corrected chi connectivity index (χ2v) is 6.35. The van der Waals surface area contributed by atoms with Gasteiger partial charge in [-0.25, -0.2) is 4.98 Å². The average molecular weight is 366 g/mol. The number of hydrogen-bond acceptors (Lipinski definition) is 6. The van der Waals surface area contributed by atoms with Crippen molar-refractivity contribution in [3.63, 3.8) is 0 Å². The van der Waals surface area contributed by atoms with Gasteiger partial charge in [-0.3, -0.25) is 9.59 Å². The number of rotatable bonds is 4. The number of aromatic nitrogens is 3. The lowest BCUT2D eigenvalue weighted by atomic mass is 10.1. The third kappa shape index (κ3) is 3.26. The van der Waals surface area contributed by atoms with Crippen LogP contribution >= 0.6 is 0 Å². The standard InChI is InChI=1S/C18H18N6O3/c1-23(2)17-8-13(21-15-5-6-20-24(15)17)18(26)19-9-11-3-4-14-12(7-11)22-16(25)10-27-14/h3-8H,9-10H2,1-2H3,(H,19,26)(H,22,25). The smallest absolute Gasteiger partial charge is 0.270 e. The summed E-state index contributed by atoms with van der Waals surface area (Å²) in [7, 11) is 3.75. The lowest BCUT2D eigenvalue weighted by Gasteiger charge is -2.18. The Hall–Kier alpha value is -3.62. The Labute approximate surface area is 154 Å². The van der Waals surface area contributed by atoms with E-state index in [4.69, 9.17) is 4.74 Å². The summed E-state index contributed by atoms with van der Waals surface area (Å²) in [6.07, 6.45) is 1.64. The van der Waals surface area contributed by atoms with Gasteiger partial charge in [0.05, 0.1) is 11.9 Å². The van der Waals surface area contributed by atoms with Crippen molar-refractivity contribution in [2.24, 2.45) is 0 Å². The van der Waals surface area contributed by atoms with Gasteiger partial charge in [-0.15, -0.1) is 0 Å². The molecular formula is C18H18N6O3. The minimum absolute atomic E-state index is 0.0139. The van der Waals surface area contributed by atoms with E-state index in [2.05, 4.69) is 20.7 Å². The summed E-state index contributed by atoms with van der Waals surface area (Å²) in [5.41, 5.74) is 2.35. The molecule has 0 fully saturated rings. The van der Waals surface area contributed by atoms with Crippen LogP contribution in [-0.4, -0.2) is 47.1 Å². The van der Waals surface area contributed by atoms with E-state index in [-0.39, 0.29) is 18.4 Å². The van der Waals surface area contributed by atoms with Crippen molar-refractivity contribution in [3.8, 4) is 5.75 Å². The zero-order valence-electron chi connectivity index (χ0n) is 14.9. The number of carbonyl (C=O) groups is 2. The predicted molar refractivity (Wildman–Crippen MR) is 99.1 cm³/mol. The quantitative estimate of drug-likeness (QED) is 0.716. The van der Waals surface area contributed by atoms with Crippen LogP contribution in [0.25, 0.3) is 5.65 Å². The molecule has 0 bridgehead atoms. The SMILES string of the molecule is CN(C)c1cc(C(=O)NCc2ccc3c(c2)NC(=O)CO3)nc2ccnn12. The molecule has 1 aliphatic heterocycles. The molecule has 0 saturated heterocycles. The fourth-order valence-corrected chi connectivity index (χ4v) is 2.84. The minimum atomic E-state index is -0.292. The molecule has 138 valence electrons. The molecule has 3 heterocycles. The first-order chi connectivity index (χ1) is 13.0. The summed E-state index contributed by atoms with van der Waals surface area (Å²) in [4.78, 5) is 30.2. The number of amides is 2. The fraction of sp³-hybridized carbons (Fsp3) is 0.222. The first kappa shape index (κ1) is 16.8. The highest BCUT2D eigenvalue weighted by atomic mass is 16.5. The molecule has 0 saturated carbocycles. The third-order valence-electron chi connectivity index (χ3n) is 4.16. The van der Waals surface area contributed by atoms with Gasteiger partial charge < -0.3 is 20.3 Å². The van der Waals surface area contributed by atoms with Crippen molar-refractivity contribution in [2.45, 2.75) is 6.54 Å². The van der Waals surface area contributed by atoms with Crippen LogP contribution in [0.2, 0.25) is 0 Å². The highest BCUT2D eigenvalue weighted by Crippen LogP contribution is 2.28. The summed E-state index contributed by atoms with van der Waals surface area (Å²) in [6, 6.07) is 8.84. The lowest BCUT2D eigenvalue weighted by Crippen LogP contribution is -2.27. The van der Waals surface area contributed by atoms with Gasteiger partial charge in [-0.1, -0.05) is 6.07 Å². The number of benzene rings is 1. The van der Waals surface area contributed by atoms with E-state index in [1.54, 1.807) is 35.0 Å². The molecule has 4 rings (SSSR count). The molecule has 2 N–H and O–H groups in total. The molecule has 0 atom stereocenters. The summed E-state index contributed by atoms with van der Waals surface area (Å²) in [5.74, 6) is 0.884. The topological polar surface area (TPSA) is 101 Å². The first-order valence-corrected chi connectivity index (χ1v) is 8.37. The van der Waals surface area contributed by atoms with E-state index < -0.39 is 0 Å². The van der Waals surface area contributed by atoms with Crippen LogP contribution in [0.1, 0.15) is 16.1 Å². The predicted octanol–water partition coefficient (Wildman–Crippen LogP) is 1.06. The molecule has 1 aliphatic rings. The van der Waals surface area contributed by atoms with Crippen LogP contribution in [0.3, 0.4) is 0 Å². The lowest BCUT2D eigenvalue weighted by molar-refractivity contribution is -0.118. The molecule has 0 spiro atoms. The maximum atomic E-state index is 12.6. The van der Waals surface area contributed by atoms with Crippen LogP contribution in [0.15, 0.2) is 36.5 Å². The summed E-state index contributed by atoms with van der Waals surface area (Å²) in [5, 5.41) is 9.82. The molecule has 3 aromatic rings. The monoisotopic (exact) mass is 366 g/mol. The molecular weight excluding hydrogens is 348 g/mol. The van der Waals surface area contributed by atoms with Crippen molar-refractivity contribution in [2.75, 3.05) is 30.9 Å². The molecule has 0 radical (unpaired) electrons. The van der Waals surface area contributed by atoms with E-state index >= 15 is 0 Å². The van der Waals surface area contributed by atoms with Crippen molar-refractivity contribution < 1.29 is 14.3 Å². The zero-order valence-corrected chi connectivity index (χ0v) is 14.9. The Morgan fingerprint density at radius 3 is 3.00 bits per heavy atom. The number of anilines is 2. The second kappa shape index (κ2) is 6.60. The molecule has 9 heteroatoms. The highest BCUT2D eigenvalue weighted by molar-refractivity contribution is 5.95. The molecule has 0 aliphatic carbocycles. The molecule has 2 amide bonds. The second-order valence-electron chi connectivity index (χ2n) is 6.35. The van der Waals surface area contributed by atoms with Gasteiger partial charge in [0, 0.05) is 32.8 Å². The number of nitrogens with one attached hydrogen (secondary N) is 2. The van der Waals surface area contributed by atoms with Crippen molar-refractivity contribution in [1.82, 2.24) is 19.9 Å². The van der Waals surface area contributed by atoms with Crippen molar-refractivity contribution in [3.05, 3.63) is 47.8 Å². The van der Waals surface area contributed by atoms with Crippen LogP contribution in [-0.2, 0) is 11.3 Å². The maximum Gasteiger partial charge on any atom is 0.270 e. The normalized spacial score (nSPS) is 12.9. The van der Waals surface area contributed by atoms with Gasteiger partial charge in [0.1, 0.15) is 17.3 Å². The van der Waals surface area contributed by atoms with E-state index in [1.807, 2.05) is 25.1 Å². The maximum absolute atomic E-state index is 12.6. The van der Waals surface area contributed by atoms with Gasteiger partial charge >= 0.3 is 0 Å². The number of carbonyl (C=O) groups excluding carboxylic acids is 2. The average Bonchev–Trinajstić information content (AvgIpc) is 3.13. The van der Waals surface area contributed by atoms with E-state index in [9.17, 15) is 9.59 Å². The van der Waals surface area contributed by atoms with E-state index in [0.717, 1.165) is 11.4 Å². The third-order valence-corrected chi connectivity index (χ3v) is 4.16. The Bertz CT molecular complexity index is 1040. The van der Waals surface area contributed by atoms with Crippen LogP contribution in [0.5, 0.6) is 5.75 Å². The van der Waals surface area contributed by atoms with Gasteiger partial charge in [-0.2, -0.15) is 9.61 Å². The Kier molecular flexibility index (Phi) is 4.11.